The van der Waals surface area contributed by atoms with Crippen molar-refractivity contribution in [2.24, 2.45) is 0 Å². The number of nitrogens with one attached hydrogen (secondary N) is 2. The Morgan fingerprint density at radius 3 is 1.63 bits per heavy atom. The van der Waals surface area contributed by atoms with E-state index >= 15 is 0 Å². The van der Waals surface area contributed by atoms with Crippen LogP contribution in [-0.4, -0.2) is 73.4 Å². The molecule has 2 unspecified atom stereocenters. The number of hydrogen-bond acceptors (Lipinski definition) is 7. The van der Waals surface area contributed by atoms with Gasteiger partial charge >= 0.3 is 0 Å². The van der Waals surface area contributed by atoms with Crippen LogP contribution in [0.4, 0.5) is 0 Å². The fraction of sp³-hybridized carbons (Fsp3) is 0.500. The summed E-state index contributed by atoms with van der Waals surface area (Å²) in [4.78, 5) is 24.0. The van der Waals surface area contributed by atoms with E-state index in [0.717, 1.165) is 25.7 Å². The number of ketones is 2. The largest absolute Gasteiger partial charge is 0.392 e. The number of benzene rings is 2. The van der Waals surface area contributed by atoms with Crippen LogP contribution in [0.25, 0.3) is 0 Å². The Kier molecular flexibility index (Phi) is 14.8. The summed E-state index contributed by atoms with van der Waals surface area (Å²) in [6.45, 7) is 2.50. The Morgan fingerprint density at radius 1 is 0.657 bits per heavy atom. The van der Waals surface area contributed by atoms with E-state index in [1.807, 2.05) is 36.4 Å². The highest BCUT2D eigenvalue weighted by Gasteiger charge is 2.09. The maximum atomic E-state index is 12.0. The zero-order valence-corrected chi connectivity index (χ0v) is 20.5. The molecule has 0 saturated heterocycles. The number of hydrogen-bond donors (Lipinski definition) is 4. The standard InChI is InChI=1S/C28H40N2O5/c31-25(19-29-21-27(33)23-11-4-1-5-12-23)15-8-3-9-17-35-18-10-16-26(32)20-30-22-28(34)24-13-6-2-7-14-24/h1-2,4-7,11-14,25-26,29-32H,3,8-10,15-22H2. The van der Waals surface area contributed by atoms with Crippen molar-refractivity contribution in [3.63, 3.8) is 0 Å². The van der Waals surface area contributed by atoms with Crippen LogP contribution >= 0.6 is 0 Å². The first-order chi connectivity index (χ1) is 17.1. The van der Waals surface area contributed by atoms with Crippen molar-refractivity contribution in [3.05, 3.63) is 71.8 Å². The lowest BCUT2D eigenvalue weighted by atomic mass is 10.1. The van der Waals surface area contributed by atoms with Crippen LogP contribution in [0.3, 0.4) is 0 Å². The second-order valence-corrected chi connectivity index (χ2v) is 8.75. The normalized spacial score (nSPS) is 12.9. The Labute approximate surface area is 208 Å². The van der Waals surface area contributed by atoms with Gasteiger partial charge in [0, 0.05) is 37.4 Å². The van der Waals surface area contributed by atoms with E-state index in [-0.39, 0.29) is 24.7 Å². The van der Waals surface area contributed by atoms with Crippen LogP contribution in [0.5, 0.6) is 0 Å². The molecule has 0 aliphatic heterocycles. The lowest BCUT2D eigenvalue weighted by Crippen LogP contribution is -2.31. The molecule has 2 aromatic carbocycles. The SMILES string of the molecule is O=C(CNCC(O)CCCCCOCCCC(O)CNCC(=O)c1ccccc1)c1ccccc1. The Bertz CT molecular complexity index is 762. The summed E-state index contributed by atoms with van der Waals surface area (Å²) < 4.78 is 5.63. The lowest BCUT2D eigenvalue weighted by Gasteiger charge is -2.12. The summed E-state index contributed by atoms with van der Waals surface area (Å²) >= 11 is 0. The van der Waals surface area contributed by atoms with Crippen LogP contribution in [0.15, 0.2) is 60.7 Å². The third kappa shape index (κ3) is 13.3. The van der Waals surface area contributed by atoms with Crippen molar-refractivity contribution in [2.45, 2.75) is 50.7 Å². The number of rotatable bonds is 20. The Hall–Kier alpha value is -2.42. The molecule has 192 valence electrons. The van der Waals surface area contributed by atoms with Gasteiger partial charge in [-0.25, -0.2) is 0 Å². The first kappa shape index (κ1) is 28.8. The Balaban J connectivity index is 1.36. The van der Waals surface area contributed by atoms with Crippen LogP contribution in [0, 0.1) is 0 Å². The van der Waals surface area contributed by atoms with Gasteiger partial charge < -0.3 is 25.6 Å². The first-order valence-electron chi connectivity index (χ1n) is 12.6. The smallest absolute Gasteiger partial charge is 0.176 e. The predicted molar refractivity (Wildman–Crippen MR) is 138 cm³/mol. The molecule has 2 atom stereocenters. The molecule has 0 bridgehead atoms. The molecule has 0 heterocycles. The lowest BCUT2D eigenvalue weighted by molar-refractivity contribution is 0.0955. The molecule has 7 heteroatoms. The van der Waals surface area contributed by atoms with Gasteiger partial charge in [0.05, 0.1) is 25.3 Å². The summed E-state index contributed by atoms with van der Waals surface area (Å²) in [5, 5.41) is 26.1. The average molecular weight is 485 g/mol. The van der Waals surface area contributed by atoms with E-state index in [1.165, 1.54) is 0 Å². The van der Waals surface area contributed by atoms with Crippen molar-refractivity contribution in [1.29, 1.82) is 0 Å². The molecule has 0 radical (unpaired) electrons. The number of carbonyl (C=O) groups is 2. The summed E-state index contributed by atoms with van der Waals surface area (Å²) in [5.41, 5.74) is 1.35. The molecular weight excluding hydrogens is 444 g/mol. The maximum absolute atomic E-state index is 12.0. The van der Waals surface area contributed by atoms with Crippen molar-refractivity contribution in [1.82, 2.24) is 10.6 Å². The minimum atomic E-state index is -0.500. The number of carbonyl (C=O) groups excluding carboxylic acids is 2. The molecule has 0 amide bonds. The zero-order valence-electron chi connectivity index (χ0n) is 20.5. The molecule has 0 aliphatic rings. The number of ether oxygens (including phenoxy) is 1. The highest BCUT2D eigenvalue weighted by Crippen LogP contribution is 2.05. The third-order valence-corrected chi connectivity index (χ3v) is 5.67. The van der Waals surface area contributed by atoms with Gasteiger partial charge in [0.1, 0.15) is 0 Å². The van der Waals surface area contributed by atoms with Gasteiger partial charge in [-0.05, 0) is 25.7 Å². The van der Waals surface area contributed by atoms with Gasteiger partial charge in [0.15, 0.2) is 11.6 Å². The summed E-state index contributed by atoms with van der Waals surface area (Å²) in [6, 6.07) is 18.3. The van der Waals surface area contributed by atoms with Crippen LogP contribution < -0.4 is 10.6 Å². The summed E-state index contributed by atoms with van der Waals surface area (Å²) in [5.74, 6) is 0.0416. The molecule has 0 spiro atoms. The van der Waals surface area contributed by atoms with E-state index in [0.29, 0.717) is 50.3 Å². The van der Waals surface area contributed by atoms with Gasteiger partial charge in [-0.1, -0.05) is 73.5 Å². The van der Waals surface area contributed by atoms with Crippen LogP contribution in [-0.2, 0) is 4.74 Å². The molecule has 2 rings (SSSR count). The van der Waals surface area contributed by atoms with E-state index < -0.39 is 12.2 Å². The van der Waals surface area contributed by atoms with Gasteiger partial charge in [-0.2, -0.15) is 0 Å². The maximum Gasteiger partial charge on any atom is 0.176 e. The van der Waals surface area contributed by atoms with Crippen LogP contribution in [0.1, 0.15) is 59.2 Å². The molecule has 35 heavy (non-hydrogen) atoms. The first-order valence-corrected chi connectivity index (χ1v) is 12.6. The summed E-state index contributed by atoms with van der Waals surface area (Å²) in [6.07, 6.45) is 3.93. The highest BCUT2D eigenvalue weighted by molar-refractivity contribution is 5.98. The molecule has 0 aliphatic carbocycles. The van der Waals surface area contributed by atoms with E-state index in [2.05, 4.69) is 10.6 Å². The average Bonchev–Trinajstić information content (AvgIpc) is 2.88. The van der Waals surface area contributed by atoms with Gasteiger partial charge in [-0.15, -0.1) is 0 Å². The molecular formula is C28H40N2O5. The van der Waals surface area contributed by atoms with Gasteiger partial charge in [-0.3, -0.25) is 9.59 Å². The van der Waals surface area contributed by atoms with E-state index in [4.69, 9.17) is 4.74 Å². The minimum absolute atomic E-state index is 0.0167. The van der Waals surface area contributed by atoms with Crippen molar-refractivity contribution in [2.75, 3.05) is 39.4 Å². The second kappa shape index (κ2) is 17.9. The predicted octanol–water partition coefficient (Wildman–Crippen LogP) is 3.01. The topological polar surface area (TPSA) is 108 Å². The number of aliphatic hydroxyl groups excluding tert-OH is 2. The van der Waals surface area contributed by atoms with Crippen molar-refractivity contribution in [3.8, 4) is 0 Å². The van der Waals surface area contributed by atoms with Gasteiger partial charge in [0.25, 0.3) is 0 Å². The summed E-state index contributed by atoms with van der Waals surface area (Å²) in [7, 11) is 0. The number of Topliss-reactive ketones (excluding diaryl/α,β-unsaturated/α-hetero) is 2. The van der Waals surface area contributed by atoms with E-state index in [1.54, 1.807) is 24.3 Å². The third-order valence-electron chi connectivity index (χ3n) is 5.67. The molecule has 0 saturated carbocycles. The number of unbranched alkanes of at least 4 members (excludes halogenated alkanes) is 2. The monoisotopic (exact) mass is 484 g/mol. The zero-order chi connectivity index (χ0) is 25.1. The molecule has 0 fully saturated rings. The van der Waals surface area contributed by atoms with Gasteiger partial charge in [0.2, 0.25) is 0 Å². The molecule has 2 aromatic rings. The quantitative estimate of drug-likeness (QED) is 0.169. The molecule has 4 N–H and O–H groups in total. The second-order valence-electron chi connectivity index (χ2n) is 8.75. The number of aliphatic hydroxyl groups is 2. The Morgan fingerprint density at radius 2 is 1.11 bits per heavy atom. The van der Waals surface area contributed by atoms with Crippen molar-refractivity contribution < 1.29 is 24.5 Å². The fourth-order valence-electron chi connectivity index (χ4n) is 3.64. The van der Waals surface area contributed by atoms with Crippen LogP contribution in [0.2, 0.25) is 0 Å². The fourth-order valence-corrected chi connectivity index (χ4v) is 3.64. The molecule has 0 aromatic heterocycles. The van der Waals surface area contributed by atoms with Crippen molar-refractivity contribution >= 4 is 11.6 Å². The highest BCUT2D eigenvalue weighted by atomic mass is 16.5. The van der Waals surface area contributed by atoms with E-state index in [9.17, 15) is 19.8 Å². The molecule has 7 nitrogen and oxygen atoms in total. The minimum Gasteiger partial charge on any atom is -0.392 e.